The van der Waals surface area contributed by atoms with E-state index in [9.17, 15) is 4.79 Å². The molecule has 0 radical (unpaired) electrons. The first-order chi connectivity index (χ1) is 10.0. The second-order valence-corrected chi connectivity index (χ2v) is 7.19. The van der Waals surface area contributed by atoms with Gasteiger partial charge in [0.25, 0.3) is 0 Å². The highest BCUT2D eigenvalue weighted by Gasteiger charge is 2.36. The molecule has 4 nitrogen and oxygen atoms in total. The zero-order valence-corrected chi connectivity index (χ0v) is 13.9. The quantitative estimate of drug-likeness (QED) is 0.687. The van der Waals surface area contributed by atoms with Crippen molar-refractivity contribution >= 4 is 5.91 Å². The number of carbonyl (C=O) groups excluding carboxylic acids is 1. The van der Waals surface area contributed by atoms with Crippen LogP contribution < -0.4 is 11.1 Å². The number of primary amides is 1. The normalized spacial score (nSPS) is 26.5. The minimum Gasteiger partial charge on any atom is -0.368 e. The van der Waals surface area contributed by atoms with E-state index in [-0.39, 0.29) is 5.91 Å². The monoisotopic (exact) mass is 295 g/mol. The Morgan fingerprint density at radius 1 is 1.33 bits per heavy atom. The van der Waals surface area contributed by atoms with E-state index >= 15 is 0 Å². The van der Waals surface area contributed by atoms with Crippen LogP contribution in [0.4, 0.5) is 0 Å². The van der Waals surface area contributed by atoms with Gasteiger partial charge in [-0.2, -0.15) is 0 Å². The first-order valence-electron chi connectivity index (χ1n) is 8.87. The van der Waals surface area contributed by atoms with Crippen LogP contribution >= 0.6 is 0 Å². The van der Waals surface area contributed by atoms with Gasteiger partial charge in [0, 0.05) is 12.1 Å². The number of carbonyl (C=O) groups is 1. The summed E-state index contributed by atoms with van der Waals surface area (Å²) < 4.78 is 0. The van der Waals surface area contributed by atoms with Gasteiger partial charge in [-0.25, -0.2) is 0 Å². The third-order valence-electron chi connectivity index (χ3n) is 5.14. The summed E-state index contributed by atoms with van der Waals surface area (Å²) in [7, 11) is 0. The first-order valence-corrected chi connectivity index (χ1v) is 8.87. The van der Waals surface area contributed by atoms with E-state index in [2.05, 4.69) is 17.1 Å². The second kappa shape index (κ2) is 7.59. The summed E-state index contributed by atoms with van der Waals surface area (Å²) in [5, 5.41) is 3.45. The third kappa shape index (κ3) is 4.96. The van der Waals surface area contributed by atoms with Gasteiger partial charge in [-0.3, -0.25) is 4.79 Å². The molecule has 1 aliphatic heterocycles. The van der Waals surface area contributed by atoms with Crippen LogP contribution in [0.1, 0.15) is 71.6 Å². The van der Waals surface area contributed by atoms with Crippen molar-refractivity contribution < 1.29 is 4.79 Å². The molecule has 2 fully saturated rings. The predicted octanol–water partition coefficient (Wildman–Crippen LogP) is 2.42. The Kier molecular flexibility index (Phi) is 6.06. The lowest BCUT2D eigenvalue weighted by Crippen LogP contribution is -2.54. The molecule has 2 aliphatic rings. The number of nitrogens with two attached hydrogens (primary N) is 1. The summed E-state index contributed by atoms with van der Waals surface area (Å²) in [5.74, 6) is -0.196. The zero-order valence-electron chi connectivity index (χ0n) is 13.9. The van der Waals surface area contributed by atoms with Crippen LogP contribution in [-0.4, -0.2) is 41.5 Å². The van der Waals surface area contributed by atoms with Crippen LogP contribution in [0, 0.1) is 0 Å². The molecule has 2 atom stereocenters. The lowest BCUT2D eigenvalue weighted by Gasteiger charge is -2.36. The van der Waals surface area contributed by atoms with Crippen molar-refractivity contribution in [1.82, 2.24) is 10.2 Å². The van der Waals surface area contributed by atoms with E-state index in [1.807, 2.05) is 6.92 Å². The highest BCUT2D eigenvalue weighted by molar-refractivity contribution is 5.84. The molecule has 122 valence electrons. The number of piperidine rings is 1. The van der Waals surface area contributed by atoms with Crippen LogP contribution in [0.25, 0.3) is 0 Å². The molecule has 1 aliphatic carbocycles. The SMILES string of the molecule is CCCC1CCCCN1CCCC(C)(NC1CC1)C(N)=O. The summed E-state index contributed by atoms with van der Waals surface area (Å²) in [5.41, 5.74) is 5.11. The van der Waals surface area contributed by atoms with Gasteiger partial charge in [0.05, 0.1) is 5.54 Å². The maximum atomic E-state index is 11.8. The molecule has 1 heterocycles. The third-order valence-corrected chi connectivity index (χ3v) is 5.14. The summed E-state index contributed by atoms with van der Waals surface area (Å²) in [6, 6.07) is 1.28. The fraction of sp³-hybridized carbons (Fsp3) is 0.941. The fourth-order valence-corrected chi connectivity index (χ4v) is 3.59. The van der Waals surface area contributed by atoms with Gasteiger partial charge in [-0.1, -0.05) is 19.8 Å². The largest absolute Gasteiger partial charge is 0.368 e. The number of hydrogen-bond acceptors (Lipinski definition) is 3. The molecule has 1 saturated heterocycles. The van der Waals surface area contributed by atoms with Crippen molar-refractivity contribution in [2.75, 3.05) is 13.1 Å². The molecular formula is C17H33N3O. The van der Waals surface area contributed by atoms with Gasteiger partial charge in [-0.05, 0) is 65.0 Å². The minimum absolute atomic E-state index is 0.196. The molecule has 0 spiro atoms. The lowest BCUT2D eigenvalue weighted by atomic mass is 9.93. The van der Waals surface area contributed by atoms with E-state index < -0.39 is 5.54 Å². The highest BCUT2D eigenvalue weighted by Crippen LogP contribution is 2.26. The van der Waals surface area contributed by atoms with Crippen LogP contribution in [0.2, 0.25) is 0 Å². The molecular weight excluding hydrogens is 262 g/mol. The predicted molar refractivity (Wildman–Crippen MR) is 87.1 cm³/mol. The molecule has 2 unspecified atom stereocenters. The first kappa shape index (κ1) is 16.8. The Morgan fingerprint density at radius 2 is 2.10 bits per heavy atom. The van der Waals surface area contributed by atoms with Crippen LogP contribution in [0.5, 0.6) is 0 Å². The van der Waals surface area contributed by atoms with Crippen molar-refractivity contribution in [2.24, 2.45) is 5.73 Å². The Labute approximate surface area is 129 Å². The smallest absolute Gasteiger partial charge is 0.237 e. The summed E-state index contributed by atoms with van der Waals surface area (Å²) in [6.07, 6.45) is 10.9. The van der Waals surface area contributed by atoms with E-state index in [1.54, 1.807) is 0 Å². The van der Waals surface area contributed by atoms with Crippen LogP contribution in [0.3, 0.4) is 0 Å². The Hall–Kier alpha value is -0.610. The number of hydrogen-bond donors (Lipinski definition) is 2. The van der Waals surface area contributed by atoms with Crippen LogP contribution in [-0.2, 0) is 4.79 Å². The molecule has 1 saturated carbocycles. The van der Waals surface area contributed by atoms with E-state index in [0.29, 0.717) is 6.04 Å². The standard InChI is InChI=1S/C17H33N3O/c1-3-7-15-8-4-5-12-20(15)13-6-11-17(2,16(18)21)19-14-9-10-14/h14-15,19H,3-13H2,1-2H3,(H2,18,21). The Morgan fingerprint density at radius 3 is 2.71 bits per heavy atom. The molecule has 0 aromatic rings. The number of rotatable bonds is 9. The molecule has 3 N–H and O–H groups in total. The summed E-state index contributed by atoms with van der Waals surface area (Å²) >= 11 is 0. The number of nitrogens with one attached hydrogen (secondary N) is 1. The average molecular weight is 295 g/mol. The second-order valence-electron chi connectivity index (χ2n) is 7.19. The van der Waals surface area contributed by atoms with E-state index in [4.69, 9.17) is 5.73 Å². The van der Waals surface area contributed by atoms with E-state index in [0.717, 1.165) is 25.4 Å². The van der Waals surface area contributed by atoms with Crippen molar-refractivity contribution in [1.29, 1.82) is 0 Å². The fourth-order valence-electron chi connectivity index (χ4n) is 3.59. The van der Waals surface area contributed by atoms with Gasteiger partial charge in [-0.15, -0.1) is 0 Å². The maximum absolute atomic E-state index is 11.8. The van der Waals surface area contributed by atoms with Gasteiger partial charge in [0.2, 0.25) is 5.91 Å². The van der Waals surface area contributed by atoms with Gasteiger partial charge in [0.1, 0.15) is 0 Å². The number of nitrogens with zero attached hydrogens (tertiary/aromatic N) is 1. The molecule has 2 rings (SSSR count). The molecule has 1 amide bonds. The lowest BCUT2D eigenvalue weighted by molar-refractivity contribution is -0.124. The van der Waals surface area contributed by atoms with Crippen molar-refractivity contribution in [2.45, 2.75) is 89.3 Å². The average Bonchev–Trinajstić information content (AvgIpc) is 3.24. The van der Waals surface area contributed by atoms with Gasteiger partial charge >= 0.3 is 0 Å². The highest BCUT2D eigenvalue weighted by atomic mass is 16.1. The Balaban J connectivity index is 1.78. The Bertz CT molecular complexity index is 341. The van der Waals surface area contributed by atoms with Crippen molar-refractivity contribution in [3.63, 3.8) is 0 Å². The number of amides is 1. The minimum atomic E-state index is -0.517. The van der Waals surface area contributed by atoms with Gasteiger partial charge < -0.3 is 16.0 Å². The zero-order chi connectivity index (χ0) is 15.3. The molecule has 0 aromatic carbocycles. The molecule has 0 bridgehead atoms. The molecule has 21 heavy (non-hydrogen) atoms. The van der Waals surface area contributed by atoms with Crippen molar-refractivity contribution in [3.8, 4) is 0 Å². The van der Waals surface area contributed by atoms with Crippen LogP contribution in [0.15, 0.2) is 0 Å². The molecule has 0 aromatic heterocycles. The topological polar surface area (TPSA) is 58.4 Å². The summed E-state index contributed by atoms with van der Waals surface area (Å²) in [4.78, 5) is 14.4. The number of likely N-dealkylation sites (tertiary alicyclic amines) is 1. The molecule has 4 heteroatoms. The van der Waals surface area contributed by atoms with Gasteiger partial charge in [0.15, 0.2) is 0 Å². The summed E-state index contributed by atoms with van der Waals surface area (Å²) in [6.45, 7) is 6.60. The van der Waals surface area contributed by atoms with Crippen molar-refractivity contribution in [3.05, 3.63) is 0 Å². The maximum Gasteiger partial charge on any atom is 0.237 e. The van der Waals surface area contributed by atoms with E-state index in [1.165, 1.54) is 51.5 Å².